The van der Waals surface area contributed by atoms with E-state index in [0.29, 0.717) is 0 Å². The van der Waals surface area contributed by atoms with E-state index in [0.717, 1.165) is 52.3 Å². The molecule has 0 saturated heterocycles. The van der Waals surface area contributed by atoms with Crippen molar-refractivity contribution < 1.29 is 4.79 Å². The molecule has 2 aromatic carbocycles. The molecule has 1 aliphatic heterocycles. The molecule has 4 rings (SSSR count). The monoisotopic (exact) mass is 365 g/mol. The van der Waals surface area contributed by atoms with Crippen molar-refractivity contribution in [1.29, 1.82) is 0 Å². The predicted octanol–water partition coefficient (Wildman–Crippen LogP) is 4.14. The minimum Gasteiger partial charge on any atom is -0.356 e. The summed E-state index contributed by atoms with van der Waals surface area (Å²) >= 11 is 1.76. The molecule has 3 aromatic rings. The molecule has 0 radical (unpaired) electrons. The Morgan fingerprint density at radius 2 is 1.65 bits per heavy atom. The zero-order valence-electron chi connectivity index (χ0n) is 14.4. The smallest absolute Gasteiger partial charge is 0.221 e. The highest BCUT2D eigenvalue weighted by Gasteiger charge is 2.17. The second-order valence-corrected chi connectivity index (χ2v) is 7.18. The van der Waals surface area contributed by atoms with Crippen LogP contribution in [0.1, 0.15) is 13.3 Å². The van der Waals surface area contributed by atoms with Crippen molar-refractivity contribution in [3.05, 3.63) is 48.5 Å². The van der Waals surface area contributed by atoms with Gasteiger partial charge in [-0.25, -0.2) is 0 Å². The largest absolute Gasteiger partial charge is 0.356 e. The topological polar surface area (TPSA) is 71.8 Å². The number of aromatic nitrogens is 3. The molecular weight excluding hydrogens is 346 g/mol. The molecular formula is C19H19N5OS. The summed E-state index contributed by atoms with van der Waals surface area (Å²) < 4.78 is 2.19. The third-order valence-corrected chi connectivity index (χ3v) is 5.16. The van der Waals surface area contributed by atoms with E-state index >= 15 is 0 Å². The van der Waals surface area contributed by atoms with Crippen LogP contribution < -0.4 is 10.6 Å². The van der Waals surface area contributed by atoms with Crippen LogP contribution >= 0.6 is 11.8 Å². The van der Waals surface area contributed by atoms with Gasteiger partial charge in [0.25, 0.3) is 0 Å². The van der Waals surface area contributed by atoms with Gasteiger partial charge in [-0.05, 0) is 55.0 Å². The zero-order chi connectivity index (χ0) is 17.9. The minimum absolute atomic E-state index is 0.0737. The second-order valence-electron chi connectivity index (χ2n) is 6.12. The first-order valence-electron chi connectivity index (χ1n) is 8.50. The number of fused-ring (bicyclic) bond motifs is 1. The number of rotatable bonds is 4. The predicted molar refractivity (Wildman–Crippen MR) is 105 cm³/mol. The first-order valence-corrected chi connectivity index (χ1v) is 9.49. The van der Waals surface area contributed by atoms with Gasteiger partial charge < -0.3 is 15.2 Å². The Hall–Kier alpha value is -2.80. The summed E-state index contributed by atoms with van der Waals surface area (Å²) in [6.45, 7) is 2.48. The number of nitrogens with zero attached hydrogens (tertiary/aromatic N) is 3. The molecule has 0 fully saturated rings. The van der Waals surface area contributed by atoms with E-state index in [-0.39, 0.29) is 5.91 Å². The summed E-state index contributed by atoms with van der Waals surface area (Å²) in [6.07, 6.45) is 1.15. The highest BCUT2D eigenvalue weighted by atomic mass is 32.2. The number of nitrogens with one attached hydrogen (secondary N) is 2. The lowest BCUT2D eigenvalue weighted by molar-refractivity contribution is -0.114. The van der Waals surface area contributed by atoms with E-state index in [1.807, 2.05) is 36.4 Å². The molecule has 6 nitrogen and oxygen atoms in total. The van der Waals surface area contributed by atoms with Gasteiger partial charge in [0, 0.05) is 41.8 Å². The van der Waals surface area contributed by atoms with Crippen LogP contribution in [0.4, 0.5) is 17.1 Å². The molecule has 2 heterocycles. The molecule has 0 aliphatic carbocycles. The molecule has 0 saturated carbocycles. The molecule has 1 aliphatic rings. The SMILES string of the molecule is CC(=O)Nc1ccc(Nc2ccc(-c3nnc4n3CCCS4)cc2)cc1. The fourth-order valence-electron chi connectivity index (χ4n) is 2.91. The lowest BCUT2D eigenvalue weighted by Gasteiger charge is -2.14. The lowest BCUT2D eigenvalue weighted by Crippen LogP contribution is -2.08. The van der Waals surface area contributed by atoms with Gasteiger partial charge in [-0.2, -0.15) is 0 Å². The summed E-state index contributed by atoms with van der Waals surface area (Å²) in [5, 5.41) is 15.8. The molecule has 0 spiro atoms. The average Bonchev–Trinajstić information content (AvgIpc) is 3.08. The highest BCUT2D eigenvalue weighted by molar-refractivity contribution is 7.99. The number of carbonyl (C=O) groups excluding carboxylic acids is 1. The summed E-state index contributed by atoms with van der Waals surface area (Å²) in [5.74, 6) is 1.97. The maximum Gasteiger partial charge on any atom is 0.221 e. The van der Waals surface area contributed by atoms with Crippen LogP contribution in [0.2, 0.25) is 0 Å². The van der Waals surface area contributed by atoms with Crippen LogP contribution in [0.15, 0.2) is 53.7 Å². The molecule has 0 unspecified atom stereocenters. The van der Waals surface area contributed by atoms with Crippen LogP contribution in [0.5, 0.6) is 0 Å². The Bertz CT molecular complexity index is 918. The molecule has 0 bridgehead atoms. The average molecular weight is 365 g/mol. The van der Waals surface area contributed by atoms with Gasteiger partial charge in [0.05, 0.1) is 0 Å². The highest BCUT2D eigenvalue weighted by Crippen LogP contribution is 2.29. The van der Waals surface area contributed by atoms with Gasteiger partial charge in [0.2, 0.25) is 5.91 Å². The van der Waals surface area contributed by atoms with Crippen LogP contribution in [-0.2, 0) is 11.3 Å². The van der Waals surface area contributed by atoms with Gasteiger partial charge >= 0.3 is 0 Å². The third-order valence-electron chi connectivity index (χ3n) is 4.11. The van der Waals surface area contributed by atoms with E-state index in [2.05, 4.69) is 37.5 Å². The zero-order valence-corrected chi connectivity index (χ0v) is 15.2. The number of anilines is 3. The Morgan fingerprint density at radius 1 is 1.00 bits per heavy atom. The van der Waals surface area contributed by atoms with Gasteiger partial charge in [0.15, 0.2) is 11.0 Å². The number of hydrogen-bond acceptors (Lipinski definition) is 5. The van der Waals surface area contributed by atoms with Gasteiger partial charge in [0.1, 0.15) is 0 Å². The third kappa shape index (κ3) is 3.57. The van der Waals surface area contributed by atoms with Gasteiger partial charge in [-0.3, -0.25) is 4.79 Å². The normalized spacial score (nSPS) is 13.1. The molecule has 1 amide bonds. The van der Waals surface area contributed by atoms with E-state index < -0.39 is 0 Å². The quantitative estimate of drug-likeness (QED) is 0.727. The summed E-state index contributed by atoms with van der Waals surface area (Å²) in [5.41, 5.74) is 3.81. The minimum atomic E-state index is -0.0737. The van der Waals surface area contributed by atoms with Crippen molar-refractivity contribution in [1.82, 2.24) is 14.8 Å². The molecule has 2 N–H and O–H groups in total. The van der Waals surface area contributed by atoms with Crippen molar-refractivity contribution >= 4 is 34.7 Å². The van der Waals surface area contributed by atoms with E-state index in [4.69, 9.17) is 0 Å². The second kappa shape index (κ2) is 7.21. The maximum absolute atomic E-state index is 11.1. The van der Waals surface area contributed by atoms with Crippen molar-refractivity contribution in [2.75, 3.05) is 16.4 Å². The summed E-state index contributed by atoms with van der Waals surface area (Å²) in [6, 6.07) is 15.8. The first-order chi connectivity index (χ1) is 12.7. The van der Waals surface area contributed by atoms with Crippen LogP contribution in [0.25, 0.3) is 11.4 Å². The van der Waals surface area contributed by atoms with Gasteiger partial charge in [-0.15, -0.1) is 10.2 Å². The number of hydrogen-bond donors (Lipinski definition) is 2. The maximum atomic E-state index is 11.1. The standard InChI is InChI=1S/C19H19N5OS/c1-13(25)20-15-7-9-17(10-8-15)21-16-5-3-14(4-6-16)18-22-23-19-24(18)11-2-12-26-19/h3-10,21H,2,11-12H2,1H3,(H,20,25). The van der Waals surface area contributed by atoms with Gasteiger partial charge in [-0.1, -0.05) is 11.8 Å². The Morgan fingerprint density at radius 3 is 2.35 bits per heavy atom. The summed E-state index contributed by atoms with van der Waals surface area (Å²) in [7, 11) is 0. The number of carbonyl (C=O) groups is 1. The molecule has 132 valence electrons. The molecule has 0 atom stereocenters. The molecule has 26 heavy (non-hydrogen) atoms. The summed E-state index contributed by atoms with van der Waals surface area (Å²) in [4.78, 5) is 11.1. The first kappa shape index (κ1) is 16.7. The Kier molecular flexibility index (Phi) is 4.62. The van der Waals surface area contributed by atoms with Crippen LogP contribution in [0, 0.1) is 0 Å². The van der Waals surface area contributed by atoms with Crippen molar-refractivity contribution in [3.63, 3.8) is 0 Å². The van der Waals surface area contributed by atoms with Crippen LogP contribution in [0.3, 0.4) is 0 Å². The molecule has 1 aromatic heterocycles. The number of amides is 1. The van der Waals surface area contributed by atoms with E-state index in [1.165, 1.54) is 6.92 Å². The van der Waals surface area contributed by atoms with Crippen molar-refractivity contribution in [3.8, 4) is 11.4 Å². The van der Waals surface area contributed by atoms with E-state index in [9.17, 15) is 4.79 Å². The Labute approximate surface area is 156 Å². The fourth-order valence-corrected chi connectivity index (χ4v) is 3.79. The van der Waals surface area contributed by atoms with E-state index in [1.54, 1.807) is 11.8 Å². The number of thioether (sulfide) groups is 1. The van der Waals surface area contributed by atoms with Crippen LogP contribution in [-0.4, -0.2) is 26.4 Å². The molecule has 7 heteroatoms. The van der Waals surface area contributed by atoms with Crippen molar-refractivity contribution in [2.45, 2.75) is 25.0 Å². The number of benzene rings is 2. The van der Waals surface area contributed by atoms with Crippen molar-refractivity contribution in [2.24, 2.45) is 0 Å². The Balaban J connectivity index is 1.48. The lowest BCUT2D eigenvalue weighted by atomic mass is 10.2. The fraction of sp³-hybridized carbons (Fsp3) is 0.211.